The summed E-state index contributed by atoms with van der Waals surface area (Å²) in [5, 5.41) is -0.118. The molecular formula is C19H19NO4S. The van der Waals surface area contributed by atoms with Gasteiger partial charge in [-0.25, -0.2) is 4.79 Å². The molecule has 1 aromatic rings. The molecule has 25 heavy (non-hydrogen) atoms. The molecule has 6 heteroatoms. The van der Waals surface area contributed by atoms with Gasteiger partial charge in [-0.3, -0.25) is 14.5 Å². The molecule has 0 fully saturated rings. The van der Waals surface area contributed by atoms with Gasteiger partial charge in [0.2, 0.25) is 0 Å². The second-order valence-corrected chi connectivity index (χ2v) is 8.13. The van der Waals surface area contributed by atoms with Crippen LogP contribution >= 0.6 is 11.8 Å². The number of benzene rings is 1. The monoisotopic (exact) mass is 357 g/mol. The van der Waals surface area contributed by atoms with Crippen molar-refractivity contribution < 1.29 is 19.1 Å². The van der Waals surface area contributed by atoms with E-state index in [2.05, 4.69) is 0 Å². The molecule has 0 N–H and O–H groups in total. The third-order valence-electron chi connectivity index (χ3n) is 3.85. The number of ether oxygens (including phenoxy) is 1. The average Bonchev–Trinajstić information content (AvgIpc) is 2.56. The molecule has 1 aromatic carbocycles. The van der Waals surface area contributed by atoms with Crippen molar-refractivity contribution in [3.8, 4) is 0 Å². The minimum absolute atomic E-state index is 0.118. The largest absolute Gasteiger partial charge is 0.443 e. The van der Waals surface area contributed by atoms with Crippen LogP contribution in [0.15, 0.2) is 46.9 Å². The van der Waals surface area contributed by atoms with Crippen LogP contribution in [0, 0.1) is 0 Å². The van der Waals surface area contributed by atoms with E-state index in [0.717, 1.165) is 17.5 Å². The van der Waals surface area contributed by atoms with Crippen LogP contribution < -0.4 is 4.90 Å². The van der Waals surface area contributed by atoms with Crippen LogP contribution in [0.3, 0.4) is 0 Å². The maximum atomic E-state index is 12.8. The van der Waals surface area contributed by atoms with Crippen LogP contribution in [0.4, 0.5) is 10.5 Å². The summed E-state index contributed by atoms with van der Waals surface area (Å²) in [7, 11) is 0. The quantitative estimate of drug-likeness (QED) is 0.754. The summed E-state index contributed by atoms with van der Waals surface area (Å²) in [6.07, 6.45) is 6.53. The molecule has 0 saturated carbocycles. The molecule has 5 nitrogen and oxygen atoms in total. The highest BCUT2D eigenvalue weighted by atomic mass is 32.2. The van der Waals surface area contributed by atoms with Crippen molar-refractivity contribution in [1.82, 2.24) is 0 Å². The summed E-state index contributed by atoms with van der Waals surface area (Å²) < 4.78 is 5.58. The number of thioether (sulfide) groups is 1. The summed E-state index contributed by atoms with van der Waals surface area (Å²) >= 11 is 1.53. The molecule has 1 aliphatic carbocycles. The standard InChI is InChI=1S/C19H19NO4S/c1-19(2,3)24-18(23)20-14-6-4-12(10-21)8-16(14)25-17-9-13(11-22)5-7-15(17)20/h4-11,14,16H,1-3H3. The number of carbonyl (C=O) groups is 3. The summed E-state index contributed by atoms with van der Waals surface area (Å²) in [4.78, 5) is 37.4. The third-order valence-corrected chi connectivity index (χ3v) is 5.11. The van der Waals surface area contributed by atoms with Crippen LogP contribution in [0.5, 0.6) is 0 Å². The Morgan fingerprint density at radius 3 is 2.64 bits per heavy atom. The van der Waals surface area contributed by atoms with E-state index in [1.54, 1.807) is 29.2 Å². The smallest absolute Gasteiger partial charge is 0.415 e. The predicted octanol–water partition coefficient (Wildman–Crippen LogP) is 3.78. The lowest BCUT2D eigenvalue weighted by Gasteiger charge is -2.41. The number of carbonyl (C=O) groups excluding carboxylic acids is 3. The summed E-state index contributed by atoms with van der Waals surface area (Å²) in [6, 6.07) is 4.95. The van der Waals surface area contributed by atoms with Crippen LogP contribution in [-0.2, 0) is 9.53 Å². The first-order valence-electron chi connectivity index (χ1n) is 7.96. The molecule has 3 rings (SSSR count). The Kier molecular flexibility index (Phi) is 4.56. The van der Waals surface area contributed by atoms with Gasteiger partial charge >= 0.3 is 6.09 Å². The Balaban J connectivity index is 2.06. The van der Waals surface area contributed by atoms with Crippen LogP contribution in [-0.4, -0.2) is 35.6 Å². The third kappa shape index (κ3) is 3.54. The van der Waals surface area contributed by atoms with Gasteiger partial charge in [0.15, 0.2) is 0 Å². The number of hydrogen-bond donors (Lipinski definition) is 0. The normalized spacial score (nSPS) is 21.7. The van der Waals surface area contributed by atoms with Gasteiger partial charge in [-0.1, -0.05) is 18.2 Å². The highest BCUT2D eigenvalue weighted by molar-refractivity contribution is 8.00. The molecule has 1 heterocycles. The van der Waals surface area contributed by atoms with E-state index in [1.807, 2.05) is 32.9 Å². The van der Waals surface area contributed by atoms with Crippen LogP contribution in [0.2, 0.25) is 0 Å². The molecule has 2 aliphatic rings. The number of amides is 1. The summed E-state index contributed by atoms with van der Waals surface area (Å²) in [5.74, 6) is 0. The van der Waals surface area contributed by atoms with Gasteiger partial charge in [0.05, 0.1) is 17.0 Å². The first-order valence-corrected chi connectivity index (χ1v) is 8.83. The Labute approximate surface area is 150 Å². The topological polar surface area (TPSA) is 63.7 Å². The Morgan fingerprint density at radius 1 is 1.24 bits per heavy atom. The van der Waals surface area contributed by atoms with Gasteiger partial charge in [0.1, 0.15) is 18.2 Å². The molecular weight excluding hydrogens is 338 g/mol. The Hall–Kier alpha value is -2.34. The van der Waals surface area contributed by atoms with Gasteiger partial charge in [-0.05, 0) is 39.0 Å². The van der Waals surface area contributed by atoms with Gasteiger partial charge in [-0.2, -0.15) is 0 Å². The van der Waals surface area contributed by atoms with Crippen molar-refractivity contribution in [3.05, 3.63) is 47.6 Å². The fourth-order valence-electron chi connectivity index (χ4n) is 2.81. The molecule has 2 atom stereocenters. The number of hydrogen-bond acceptors (Lipinski definition) is 5. The lowest BCUT2D eigenvalue weighted by molar-refractivity contribution is -0.104. The van der Waals surface area contributed by atoms with E-state index in [-0.39, 0.29) is 11.3 Å². The maximum absolute atomic E-state index is 12.8. The van der Waals surface area contributed by atoms with Crippen molar-refractivity contribution in [2.45, 2.75) is 42.6 Å². The Morgan fingerprint density at radius 2 is 2.00 bits per heavy atom. The van der Waals surface area contributed by atoms with Crippen molar-refractivity contribution in [2.75, 3.05) is 4.90 Å². The van der Waals surface area contributed by atoms with E-state index in [4.69, 9.17) is 4.74 Å². The minimum Gasteiger partial charge on any atom is -0.443 e. The van der Waals surface area contributed by atoms with E-state index >= 15 is 0 Å². The second kappa shape index (κ2) is 6.52. The van der Waals surface area contributed by atoms with Gasteiger partial charge in [0, 0.05) is 16.0 Å². The SMILES string of the molecule is CC(C)(C)OC(=O)N1c2ccc(C=O)cc2SC2C=C(C=O)C=CC21. The highest BCUT2D eigenvalue weighted by Gasteiger charge is 2.39. The fourth-order valence-corrected chi connectivity index (χ4v) is 4.18. The van der Waals surface area contributed by atoms with Crippen molar-refractivity contribution >= 4 is 36.1 Å². The zero-order valence-electron chi connectivity index (χ0n) is 14.3. The second-order valence-electron chi connectivity index (χ2n) is 6.91. The first-order chi connectivity index (χ1) is 11.8. The molecule has 0 spiro atoms. The Bertz CT molecular complexity index is 791. The van der Waals surface area contributed by atoms with Crippen LogP contribution in [0.1, 0.15) is 31.1 Å². The number of nitrogens with zero attached hydrogens (tertiary/aromatic N) is 1. The lowest BCUT2D eigenvalue weighted by Crippen LogP contribution is -2.49. The molecule has 0 bridgehead atoms. The van der Waals surface area contributed by atoms with Gasteiger partial charge < -0.3 is 4.74 Å². The molecule has 2 unspecified atom stereocenters. The molecule has 130 valence electrons. The van der Waals surface area contributed by atoms with Crippen molar-refractivity contribution in [1.29, 1.82) is 0 Å². The fraction of sp³-hybridized carbons (Fsp3) is 0.316. The summed E-state index contributed by atoms with van der Waals surface area (Å²) in [5.41, 5.74) is 1.20. The molecule has 1 amide bonds. The van der Waals surface area contributed by atoms with E-state index in [9.17, 15) is 14.4 Å². The zero-order chi connectivity index (χ0) is 18.2. The molecule has 0 radical (unpaired) electrons. The molecule has 1 aliphatic heterocycles. The number of aldehydes is 2. The van der Waals surface area contributed by atoms with Gasteiger partial charge in [-0.15, -0.1) is 11.8 Å². The van der Waals surface area contributed by atoms with Crippen molar-refractivity contribution in [3.63, 3.8) is 0 Å². The van der Waals surface area contributed by atoms with E-state index in [1.165, 1.54) is 11.8 Å². The lowest BCUT2D eigenvalue weighted by atomic mass is 10.0. The van der Waals surface area contributed by atoms with E-state index < -0.39 is 11.7 Å². The van der Waals surface area contributed by atoms with E-state index in [0.29, 0.717) is 16.8 Å². The number of fused-ring (bicyclic) bond motifs is 2. The number of allylic oxidation sites excluding steroid dienone is 2. The average molecular weight is 357 g/mol. The highest BCUT2D eigenvalue weighted by Crippen LogP contribution is 2.45. The molecule has 0 aromatic heterocycles. The van der Waals surface area contributed by atoms with Gasteiger partial charge in [0.25, 0.3) is 0 Å². The predicted molar refractivity (Wildman–Crippen MR) is 97.3 cm³/mol. The minimum atomic E-state index is -0.623. The summed E-state index contributed by atoms with van der Waals surface area (Å²) in [6.45, 7) is 5.45. The van der Waals surface area contributed by atoms with Crippen LogP contribution in [0.25, 0.3) is 0 Å². The number of rotatable bonds is 2. The van der Waals surface area contributed by atoms with Crippen molar-refractivity contribution in [2.24, 2.45) is 0 Å². The maximum Gasteiger partial charge on any atom is 0.415 e. The zero-order valence-corrected chi connectivity index (χ0v) is 15.1. The first kappa shape index (κ1) is 17.5. The number of anilines is 1. The molecule has 0 saturated heterocycles.